The standard InChI is InChI=1S/C6H15Si/c1-5-6-7(2,3)4/h2,5-6H2,1,3-4H3. The Kier molecular flexibility index (Phi) is 2.58. The molecule has 0 bridgehead atoms. The molecule has 0 heterocycles. The first kappa shape index (κ1) is 7.22. The highest BCUT2D eigenvalue weighted by molar-refractivity contribution is 6.79. The average molecular weight is 115 g/mol. The first-order chi connectivity index (χ1) is 3.06. The Morgan fingerprint density at radius 3 is 1.86 bits per heavy atom. The van der Waals surface area contributed by atoms with Gasteiger partial charge in [-0.05, 0) is 0 Å². The maximum Gasteiger partial charge on any atom is 0.0470 e. The zero-order valence-electron chi connectivity index (χ0n) is 5.62. The maximum atomic E-state index is 4.10. The van der Waals surface area contributed by atoms with E-state index in [1.807, 2.05) is 0 Å². The van der Waals surface area contributed by atoms with E-state index in [2.05, 4.69) is 26.6 Å². The van der Waals surface area contributed by atoms with E-state index < -0.39 is 8.07 Å². The van der Waals surface area contributed by atoms with Gasteiger partial charge in [-0.2, -0.15) is 0 Å². The van der Waals surface area contributed by atoms with Crippen molar-refractivity contribution in [3.63, 3.8) is 0 Å². The molecule has 0 amide bonds. The lowest BCUT2D eigenvalue weighted by atomic mass is 10.6. The van der Waals surface area contributed by atoms with Gasteiger partial charge in [0.15, 0.2) is 0 Å². The van der Waals surface area contributed by atoms with Crippen LogP contribution in [0.15, 0.2) is 0 Å². The van der Waals surface area contributed by atoms with Crippen molar-refractivity contribution in [1.29, 1.82) is 0 Å². The molecule has 0 nitrogen and oxygen atoms in total. The molecular weight excluding hydrogens is 100 g/mol. The summed E-state index contributed by atoms with van der Waals surface area (Å²) in [6.45, 7) is 10.9. The third-order valence-corrected chi connectivity index (χ3v) is 2.78. The zero-order valence-corrected chi connectivity index (χ0v) is 6.62. The highest BCUT2D eigenvalue weighted by Gasteiger charge is 2.09. The fourth-order valence-electron chi connectivity index (χ4n) is 0.677. The minimum Gasteiger partial charge on any atom is -0.0694 e. The minimum absolute atomic E-state index is 0.907. The molecule has 0 aliphatic carbocycles. The lowest BCUT2D eigenvalue weighted by Crippen LogP contribution is -2.19. The molecule has 43 valence electrons. The molecule has 0 fully saturated rings. The van der Waals surface area contributed by atoms with Crippen LogP contribution in [0.2, 0.25) is 19.1 Å². The topological polar surface area (TPSA) is 0 Å². The third kappa shape index (κ3) is 6.22. The van der Waals surface area contributed by atoms with Crippen molar-refractivity contribution in [2.75, 3.05) is 0 Å². The van der Waals surface area contributed by atoms with Crippen LogP contribution in [0.25, 0.3) is 0 Å². The van der Waals surface area contributed by atoms with Crippen LogP contribution in [0.3, 0.4) is 0 Å². The predicted octanol–water partition coefficient (Wildman–Crippen LogP) is 2.48. The summed E-state index contributed by atoms with van der Waals surface area (Å²) < 4.78 is 0. The van der Waals surface area contributed by atoms with Gasteiger partial charge in [-0.3, -0.25) is 0 Å². The molecule has 0 aliphatic rings. The number of hydrogen-bond acceptors (Lipinski definition) is 0. The van der Waals surface area contributed by atoms with Crippen LogP contribution in [0, 0.1) is 6.55 Å². The smallest absolute Gasteiger partial charge is 0.0470 e. The summed E-state index contributed by atoms with van der Waals surface area (Å²) in [5.41, 5.74) is 0. The monoisotopic (exact) mass is 115 g/mol. The lowest BCUT2D eigenvalue weighted by Gasteiger charge is -2.12. The van der Waals surface area contributed by atoms with E-state index in [4.69, 9.17) is 0 Å². The molecule has 0 unspecified atom stereocenters. The molecule has 0 spiro atoms. The summed E-state index contributed by atoms with van der Waals surface area (Å²) >= 11 is 0. The van der Waals surface area contributed by atoms with Gasteiger partial charge in [0, 0.05) is 8.07 Å². The molecule has 0 aromatic carbocycles. The van der Waals surface area contributed by atoms with Crippen LogP contribution in [-0.4, -0.2) is 8.07 Å². The summed E-state index contributed by atoms with van der Waals surface area (Å²) in [7, 11) is -0.907. The van der Waals surface area contributed by atoms with E-state index in [1.54, 1.807) is 0 Å². The van der Waals surface area contributed by atoms with Gasteiger partial charge in [-0.1, -0.05) is 39.0 Å². The average Bonchev–Trinajstić information content (AvgIpc) is 1.30. The maximum absolute atomic E-state index is 4.10. The van der Waals surface area contributed by atoms with Crippen molar-refractivity contribution in [3.05, 3.63) is 6.55 Å². The van der Waals surface area contributed by atoms with Crippen molar-refractivity contribution in [3.8, 4) is 0 Å². The van der Waals surface area contributed by atoms with Gasteiger partial charge in [0.25, 0.3) is 0 Å². The molecule has 0 aliphatic heterocycles. The molecule has 1 radical (unpaired) electrons. The largest absolute Gasteiger partial charge is 0.0694 e. The number of rotatable bonds is 2. The van der Waals surface area contributed by atoms with Gasteiger partial charge in [-0.25, -0.2) is 0 Å². The minimum atomic E-state index is -0.907. The Labute approximate surface area is 47.9 Å². The molecule has 1 heteroatoms. The van der Waals surface area contributed by atoms with E-state index in [0.717, 1.165) is 0 Å². The van der Waals surface area contributed by atoms with Crippen molar-refractivity contribution >= 4 is 8.07 Å². The zero-order chi connectivity index (χ0) is 5.91. The SMILES string of the molecule is [CH2][Si](C)(C)CCC. The van der Waals surface area contributed by atoms with E-state index >= 15 is 0 Å². The summed E-state index contributed by atoms with van der Waals surface area (Å²) in [4.78, 5) is 0. The molecule has 0 aromatic heterocycles. The molecule has 0 aromatic rings. The van der Waals surface area contributed by atoms with E-state index in [9.17, 15) is 0 Å². The van der Waals surface area contributed by atoms with Gasteiger partial charge in [0.05, 0.1) is 0 Å². The highest BCUT2D eigenvalue weighted by Crippen LogP contribution is 2.07. The Morgan fingerprint density at radius 2 is 1.86 bits per heavy atom. The van der Waals surface area contributed by atoms with Crippen molar-refractivity contribution in [2.24, 2.45) is 0 Å². The summed E-state index contributed by atoms with van der Waals surface area (Å²) in [5.74, 6) is 0. The highest BCUT2D eigenvalue weighted by atomic mass is 28.3. The van der Waals surface area contributed by atoms with Gasteiger partial charge in [-0.15, -0.1) is 0 Å². The Balaban J connectivity index is 3.15. The van der Waals surface area contributed by atoms with Crippen LogP contribution in [0.4, 0.5) is 0 Å². The molecule has 0 saturated carbocycles. The van der Waals surface area contributed by atoms with Crippen molar-refractivity contribution < 1.29 is 0 Å². The molecule has 0 atom stereocenters. The first-order valence-corrected chi connectivity index (χ1v) is 6.33. The first-order valence-electron chi connectivity index (χ1n) is 2.91. The van der Waals surface area contributed by atoms with Crippen LogP contribution in [0.5, 0.6) is 0 Å². The van der Waals surface area contributed by atoms with Gasteiger partial charge < -0.3 is 0 Å². The van der Waals surface area contributed by atoms with Crippen LogP contribution >= 0.6 is 0 Å². The normalized spacial score (nSPS) is 12.0. The lowest BCUT2D eigenvalue weighted by molar-refractivity contribution is 1.05. The molecule has 0 N–H and O–H groups in total. The Hall–Kier alpha value is 0.217. The summed E-state index contributed by atoms with van der Waals surface area (Å²) in [5, 5.41) is 0. The second-order valence-corrected chi connectivity index (χ2v) is 7.74. The second kappa shape index (κ2) is 2.51. The van der Waals surface area contributed by atoms with E-state index in [1.165, 1.54) is 12.5 Å². The van der Waals surface area contributed by atoms with Gasteiger partial charge >= 0.3 is 0 Å². The predicted molar refractivity (Wildman–Crippen MR) is 37.9 cm³/mol. The fraction of sp³-hybridized carbons (Fsp3) is 0.833. The van der Waals surface area contributed by atoms with Gasteiger partial charge in [0.2, 0.25) is 0 Å². The second-order valence-electron chi connectivity index (χ2n) is 2.91. The summed E-state index contributed by atoms with van der Waals surface area (Å²) in [6, 6.07) is 1.37. The molecule has 0 saturated heterocycles. The molecule has 7 heavy (non-hydrogen) atoms. The third-order valence-electron chi connectivity index (χ3n) is 0.927. The molecular formula is C6H15Si. The fourth-order valence-corrected chi connectivity index (χ4v) is 2.03. The van der Waals surface area contributed by atoms with E-state index in [0.29, 0.717) is 0 Å². The van der Waals surface area contributed by atoms with Gasteiger partial charge in [0.1, 0.15) is 0 Å². The molecule has 0 rings (SSSR count). The number of hydrogen-bond donors (Lipinski definition) is 0. The van der Waals surface area contributed by atoms with Crippen LogP contribution in [0.1, 0.15) is 13.3 Å². The van der Waals surface area contributed by atoms with E-state index in [-0.39, 0.29) is 0 Å². The Morgan fingerprint density at radius 1 is 1.43 bits per heavy atom. The van der Waals surface area contributed by atoms with Crippen LogP contribution < -0.4 is 0 Å². The quantitative estimate of drug-likeness (QED) is 0.485. The van der Waals surface area contributed by atoms with Crippen molar-refractivity contribution in [1.82, 2.24) is 0 Å². The van der Waals surface area contributed by atoms with Crippen molar-refractivity contribution in [2.45, 2.75) is 32.5 Å². The summed E-state index contributed by atoms with van der Waals surface area (Å²) in [6.07, 6.45) is 1.31. The van der Waals surface area contributed by atoms with Crippen LogP contribution in [-0.2, 0) is 0 Å². The Bertz CT molecular complexity index is 42.6.